The Morgan fingerprint density at radius 1 is 0.402 bits per heavy atom. The number of benzene rings is 1. The standard InChI is InChI=1S/C11H13N.C10H20N2O.2C10H19NO.C10H18O2.C9H17NO2.C9H19NO.C9H18O2.6C2H6/c1-11(2,3)9-6-5-7-10(8-9)12-4;1-10(2,3)9(13)12-7-5-11(4)6-8-12;2*1-10(2,3)9(12)11-7-5-4-6-8-11;1-10(2,3)9(11)12-8-6-4-5-7-8;1-9(2,3)8(11)10-4-6-12-7-5-10;1-8(2,3)7(11)10-9(4,5)6;1-8(2,3)7(10)11-9(4,5)6;6*1-2/h5-8H,1-3H3;5-8H2,1-4H3;2*4-8H2,1-3H3;8H,4-7H2,1-3H3;4-7H2,1-3H3;1-6H3,(H,10,11);1-6H3;6*1-2H3. The molecule has 1 aromatic carbocycles. The SMILES string of the molecule is CC.CC.CC.CC.CC.CC.CC(C)(C)C(=O)N1CCCCC1.CC(C)(C)C(=O)N1CCCCC1.CC(C)(C)C(=O)N1CCOCC1.CC(C)(C)C(=O)OC1CCCC1.CC(C)(C)NC(=O)C(C)(C)C.CC(C)(C)OC(=O)C(C)(C)C.CN1CCN(C(=O)C(C)(C)C)CC1.[C-]#[N+]c1cccc(C(C)(C)C)c1. The van der Waals surface area contributed by atoms with Crippen molar-refractivity contribution in [3.63, 3.8) is 0 Å². The second kappa shape index (κ2) is 58.8. The third kappa shape index (κ3) is 62.3. The summed E-state index contributed by atoms with van der Waals surface area (Å²) in [6.45, 7) is 100. The molecule has 4 aliphatic heterocycles. The fourth-order valence-electron chi connectivity index (χ4n) is 9.20. The van der Waals surface area contributed by atoms with Gasteiger partial charge in [0.05, 0.1) is 30.6 Å². The molecule has 1 aliphatic carbocycles. The van der Waals surface area contributed by atoms with Crippen molar-refractivity contribution in [1.82, 2.24) is 29.8 Å². The molecular weight excluding hydrogens is 1340 g/mol. The van der Waals surface area contributed by atoms with Crippen LogP contribution in [0.15, 0.2) is 24.3 Å². The van der Waals surface area contributed by atoms with E-state index in [0.717, 1.165) is 84.0 Å². The van der Waals surface area contributed by atoms with E-state index in [1.807, 2.05) is 308 Å². The van der Waals surface area contributed by atoms with Crippen molar-refractivity contribution in [1.29, 1.82) is 0 Å². The van der Waals surface area contributed by atoms with Crippen LogP contribution in [0.1, 0.15) is 361 Å². The number of rotatable bonds is 1. The van der Waals surface area contributed by atoms with Crippen molar-refractivity contribution in [2.45, 2.75) is 378 Å². The quantitative estimate of drug-likeness (QED) is 0.209. The summed E-state index contributed by atoms with van der Waals surface area (Å²) in [5.74, 6) is 1.01. The van der Waals surface area contributed by atoms with Gasteiger partial charge in [0.1, 0.15) is 11.7 Å². The highest BCUT2D eigenvalue weighted by Crippen LogP contribution is 2.28. The van der Waals surface area contributed by atoms with Crippen LogP contribution in [0.2, 0.25) is 0 Å². The van der Waals surface area contributed by atoms with E-state index in [0.29, 0.717) is 25.0 Å². The highest BCUT2D eigenvalue weighted by molar-refractivity contribution is 5.83. The number of nitrogens with one attached hydrogen (secondary N) is 1. The lowest BCUT2D eigenvalue weighted by atomic mass is 9.87. The predicted octanol–water partition coefficient (Wildman–Crippen LogP) is 22.3. The van der Waals surface area contributed by atoms with Crippen LogP contribution in [0.4, 0.5) is 5.69 Å². The maximum atomic E-state index is 11.8. The molecule has 5 aliphatic rings. The van der Waals surface area contributed by atoms with Gasteiger partial charge in [0.25, 0.3) is 0 Å². The largest absolute Gasteiger partial charge is 0.462 e. The average Bonchev–Trinajstić information content (AvgIpc) is 1.52. The summed E-state index contributed by atoms with van der Waals surface area (Å²) in [6.07, 6.45) is 12.0. The van der Waals surface area contributed by atoms with Crippen LogP contribution in [0.5, 0.6) is 0 Å². The van der Waals surface area contributed by atoms with Crippen LogP contribution in [0, 0.1) is 44.5 Å². The molecular formula is C90H179N7O10. The molecule has 0 radical (unpaired) electrons. The van der Waals surface area contributed by atoms with Gasteiger partial charge in [-0.3, -0.25) is 33.6 Å². The van der Waals surface area contributed by atoms with E-state index in [1.54, 1.807) is 0 Å². The van der Waals surface area contributed by atoms with E-state index >= 15 is 0 Å². The normalized spacial score (nSPS) is 15.4. The maximum Gasteiger partial charge on any atom is 0.311 e. The molecule has 0 bridgehead atoms. The molecule has 6 rings (SSSR count). The predicted molar refractivity (Wildman–Crippen MR) is 460 cm³/mol. The summed E-state index contributed by atoms with van der Waals surface area (Å²) in [5, 5.41) is 2.92. The van der Waals surface area contributed by atoms with E-state index in [-0.39, 0.29) is 84.8 Å². The summed E-state index contributed by atoms with van der Waals surface area (Å²) in [7, 11) is 2.10. The average molecular weight is 1520 g/mol. The number of esters is 2. The number of hydrogen-bond donors (Lipinski definition) is 1. The Morgan fingerprint density at radius 2 is 0.710 bits per heavy atom. The van der Waals surface area contributed by atoms with Gasteiger partial charge in [0.15, 0.2) is 5.69 Å². The number of amides is 5. The smallest absolute Gasteiger partial charge is 0.311 e. The molecule has 0 spiro atoms. The Kier molecular flexibility index (Phi) is 64.7. The zero-order valence-corrected chi connectivity index (χ0v) is 78.7. The lowest BCUT2D eigenvalue weighted by Gasteiger charge is -2.36. The number of nitrogens with zero attached hydrogens (tertiary/aromatic N) is 6. The van der Waals surface area contributed by atoms with Gasteiger partial charge in [0.2, 0.25) is 29.5 Å². The van der Waals surface area contributed by atoms with Crippen molar-refractivity contribution < 1.29 is 47.8 Å². The van der Waals surface area contributed by atoms with Crippen LogP contribution < -0.4 is 5.32 Å². The number of piperazine rings is 1. The van der Waals surface area contributed by atoms with E-state index in [9.17, 15) is 33.6 Å². The second-order valence-corrected chi connectivity index (χ2v) is 36.4. The first-order valence-corrected chi connectivity index (χ1v) is 41.4. The molecule has 634 valence electrons. The lowest BCUT2D eigenvalue weighted by Crippen LogP contribution is -2.50. The molecule has 4 saturated heterocycles. The molecule has 0 atom stereocenters. The number of piperidine rings is 2. The van der Waals surface area contributed by atoms with Crippen LogP contribution in [-0.4, -0.2) is 169 Å². The van der Waals surface area contributed by atoms with Gasteiger partial charge < -0.3 is 44.0 Å². The number of morpholine rings is 1. The molecule has 1 saturated carbocycles. The summed E-state index contributed by atoms with van der Waals surface area (Å²) in [4.78, 5) is 94.5. The van der Waals surface area contributed by atoms with E-state index in [1.165, 1.54) is 56.9 Å². The first-order chi connectivity index (χ1) is 48.7. The zero-order chi connectivity index (χ0) is 86.6. The van der Waals surface area contributed by atoms with Crippen molar-refractivity contribution in [2.75, 3.05) is 85.7 Å². The number of likely N-dealkylation sites (N-methyl/N-ethyl adjacent to an activating group) is 1. The Balaban J connectivity index is -0.000000171. The fourth-order valence-corrected chi connectivity index (χ4v) is 9.20. The number of likely N-dealkylation sites (tertiary alicyclic amines) is 2. The van der Waals surface area contributed by atoms with Gasteiger partial charge >= 0.3 is 11.9 Å². The van der Waals surface area contributed by atoms with Gasteiger partial charge in [-0.25, -0.2) is 4.85 Å². The second-order valence-electron chi connectivity index (χ2n) is 36.4. The monoisotopic (exact) mass is 1520 g/mol. The van der Waals surface area contributed by atoms with Crippen molar-refractivity contribution in [3.05, 3.63) is 41.2 Å². The Hall–Kier alpha value is -5.08. The Bertz CT molecular complexity index is 2360. The minimum Gasteiger partial charge on any atom is -0.462 e. The molecule has 5 amide bonds. The minimum absolute atomic E-state index is 0.0607. The maximum absolute atomic E-state index is 11.8. The first kappa shape index (κ1) is 118. The first-order valence-electron chi connectivity index (χ1n) is 41.4. The molecule has 5 fully saturated rings. The summed E-state index contributed by atoms with van der Waals surface area (Å²) < 4.78 is 15.7. The molecule has 0 aromatic heterocycles. The lowest BCUT2D eigenvalue weighted by molar-refractivity contribution is -0.164. The van der Waals surface area contributed by atoms with Crippen LogP contribution in [0.3, 0.4) is 0 Å². The van der Waals surface area contributed by atoms with Gasteiger partial charge in [-0.2, -0.15) is 0 Å². The Morgan fingerprint density at radius 3 is 0.953 bits per heavy atom. The third-order valence-electron chi connectivity index (χ3n) is 15.2. The third-order valence-corrected chi connectivity index (χ3v) is 15.2. The number of ether oxygens (including phenoxy) is 3. The highest BCUT2D eigenvalue weighted by atomic mass is 16.6. The van der Waals surface area contributed by atoms with Gasteiger partial charge in [-0.15, -0.1) is 0 Å². The fraction of sp³-hybridized carbons (Fsp3) is 0.844. The molecule has 1 N–H and O–H groups in total. The van der Waals surface area contributed by atoms with Crippen molar-refractivity contribution >= 4 is 47.2 Å². The molecule has 17 heteroatoms. The van der Waals surface area contributed by atoms with Crippen LogP contribution in [-0.2, 0) is 53.2 Å². The number of hydrogen-bond acceptors (Lipinski definition) is 11. The van der Waals surface area contributed by atoms with Crippen molar-refractivity contribution in [3.8, 4) is 0 Å². The molecule has 17 nitrogen and oxygen atoms in total. The van der Waals surface area contributed by atoms with E-state index < -0.39 is 5.41 Å². The Labute approximate surface area is 664 Å². The summed E-state index contributed by atoms with van der Waals surface area (Å²) >= 11 is 0. The molecule has 0 unspecified atom stereocenters. The molecule has 1 aromatic rings. The summed E-state index contributed by atoms with van der Waals surface area (Å²) in [6, 6.07) is 7.79. The molecule has 4 heterocycles. The highest BCUT2D eigenvalue weighted by Gasteiger charge is 2.33. The minimum atomic E-state index is -0.396. The van der Waals surface area contributed by atoms with E-state index in [4.69, 9.17) is 20.8 Å². The van der Waals surface area contributed by atoms with Crippen LogP contribution in [0.25, 0.3) is 4.85 Å². The topological polar surface area (TPSA) is 180 Å². The van der Waals surface area contributed by atoms with Gasteiger partial charge in [0, 0.05) is 98.1 Å². The van der Waals surface area contributed by atoms with E-state index in [2.05, 4.69) is 48.9 Å². The zero-order valence-electron chi connectivity index (χ0n) is 78.7. The van der Waals surface area contributed by atoms with Crippen LogP contribution >= 0.6 is 0 Å². The van der Waals surface area contributed by atoms with Crippen molar-refractivity contribution in [2.24, 2.45) is 37.9 Å². The van der Waals surface area contributed by atoms with Gasteiger partial charge in [-0.1, -0.05) is 238 Å². The number of carbonyl (C=O) groups is 7. The molecule has 107 heavy (non-hydrogen) atoms. The summed E-state index contributed by atoms with van der Waals surface area (Å²) in [5.41, 5.74) is -0.307. The number of carbonyl (C=O) groups excluding carboxylic acids is 7. The van der Waals surface area contributed by atoms with Gasteiger partial charge in [-0.05, 0) is 160 Å².